The quantitative estimate of drug-likeness (QED) is 0.274. The molecule has 0 aliphatic carbocycles. The molecule has 1 rings (SSSR count). The lowest BCUT2D eigenvalue weighted by Crippen LogP contribution is -2.33. The van der Waals surface area contributed by atoms with Crippen molar-refractivity contribution in [2.24, 2.45) is 5.84 Å². The summed E-state index contributed by atoms with van der Waals surface area (Å²) in [6.07, 6.45) is 0. The highest BCUT2D eigenvalue weighted by Crippen LogP contribution is 2.07. The molecule has 68 valence electrons. The SMILES string of the molecule is C=C(Nc1ccccc1)C(=O)NN. The second-order valence-electron chi connectivity index (χ2n) is 2.44. The van der Waals surface area contributed by atoms with Crippen LogP contribution in [0.3, 0.4) is 0 Å². The fourth-order valence-electron chi connectivity index (χ4n) is 0.840. The smallest absolute Gasteiger partial charge is 0.280 e. The van der Waals surface area contributed by atoms with Gasteiger partial charge in [0, 0.05) is 5.69 Å². The number of anilines is 1. The van der Waals surface area contributed by atoms with Crippen LogP contribution in [0.5, 0.6) is 0 Å². The highest BCUT2D eigenvalue weighted by atomic mass is 16.2. The molecule has 0 aromatic heterocycles. The Morgan fingerprint density at radius 3 is 2.46 bits per heavy atom. The van der Waals surface area contributed by atoms with E-state index in [2.05, 4.69) is 11.9 Å². The molecule has 1 amide bonds. The standard InChI is InChI=1S/C9H11N3O/c1-7(9(13)12-10)11-8-5-3-2-4-6-8/h2-6,11H,1,10H2,(H,12,13). The summed E-state index contributed by atoms with van der Waals surface area (Å²) in [5.74, 6) is 4.50. The van der Waals surface area contributed by atoms with E-state index in [1.54, 1.807) is 0 Å². The largest absolute Gasteiger partial charge is 0.351 e. The molecule has 0 radical (unpaired) electrons. The normalized spacial score (nSPS) is 9.00. The van der Waals surface area contributed by atoms with Crippen LogP contribution in [0.15, 0.2) is 42.6 Å². The van der Waals surface area contributed by atoms with Gasteiger partial charge in [-0.2, -0.15) is 0 Å². The summed E-state index contributed by atoms with van der Waals surface area (Å²) in [5, 5.41) is 2.81. The maximum Gasteiger partial charge on any atom is 0.280 e. The second kappa shape index (κ2) is 4.27. The van der Waals surface area contributed by atoms with Gasteiger partial charge in [-0.15, -0.1) is 0 Å². The number of rotatable bonds is 3. The zero-order valence-electron chi connectivity index (χ0n) is 7.08. The van der Waals surface area contributed by atoms with Crippen LogP contribution in [0.4, 0.5) is 5.69 Å². The lowest BCUT2D eigenvalue weighted by Gasteiger charge is -2.06. The summed E-state index contributed by atoms with van der Waals surface area (Å²) in [4.78, 5) is 10.9. The second-order valence-corrected chi connectivity index (χ2v) is 2.44. The van der Waals surface area contributed by atoms with Crippen LogP contribution in [0.1, 0.15) is 0 Å². The molecule has 0 atom stereocenters. The van der Waals surface area contributed by atoms with Crippen LogP contribution >= 0.6 is 0 Å². The molecule has 0 saturated heterocycles. The first kappa shape index (κ1) is 9.28. The summed E-state index contributed by atoms with van der Waals surface area (Å²) in [5.41, 5.74) is 3.00. The molecule has 4 heteroatoms. The fourth-order valence-corrected chi connectivity index (χ4v) is 0.840. The van der Waals surface area contributed by atoms with Gasteiger partial charge in [0.05, 0.1) is 5.70 Å². The van der Waals surface area contributed by atoms with Gasteiger partial charge in [-0.1, -0.05) is 24.8 Å². The Morgan fingerprint density at radius 1 is 1.31 bits per heavy atom. The van der Waals surface area contributed by atoms with Gasteiger partial charge >= 0.3 is 0 Å². The Labute approximate surface area is 76.4 Å². The van der Waals surface area contributed by atoms with Crippen LogP contribution in [-0.2, 0) is 4.79 Å². The fraction of sp³-hybridized carbons (Fsp3) is 0. The molecular weight excluding hydrogens is 166 g/mol. The Kier molecular flexibility index (Phi) is 3.05. The minimum atomic E-state index is -0.427. The van der Waals surface area contributed by atoms with Crippen molar-refractivity contribution in [1.29, 1.82) is 0 Å². The van der Waals surface area contributed by atoms with E-state index in [0.717, 1.165) is 5.69 Å². The molecule has 0 saturated carbocycles. The van der Waals surface area contributed by atoms with Gasteiger partial charge in [0.15, 0.2) is 0 Å². The average Bonchev–Trinajstić information content (AvgIpc) is 2.18. The number of hydrazine groups is 1. The van der Waals surface area contributed by atoms with E-state index in [1.807, 2.05) is 35.8 Å². The van der Waals surface area contributed by atoms with Crippen molar-refractivity contribution in [1.82, 2.24) is 5.43 Å². The van der Waals surface area contributed by atoms with Crippen molar-refractivity contribution in [3.63, 3.8) is 0 Å². The molecule has 1 aromatic rings. The third kappa shape index (κ3) is 2.61. The van der Waals surface area contributed by atoms with Gasteiger partial charge in [0.1, 0.15) is 0 Å². The van der Waals surface area contributed by atoms with E-state index in [0.29, 0.717) is 0 Å². The molecule has 4 nitrogen and oxygen atoms in total. The third-order valence-corrected chi connectivity index (χ3v) is 1.47. The van der Waals surface area contributed by atoms with E-state index in [-0.39, 0.29) is 5.70 Å². The molecule has 13 heavy (non-hydrogen) atoms. The Balaban J connectivity index is 2.60. The summed E-state index contributed by atoms with van der Waals surface area (Å²) < 4.78 is 0. The van der Waals surface area contributed by atoms with Crippen LogP contribution < -0.4 is 16.6 Å². The lowest BCUT2D eigenvalue weighted by atomic mass is 10.3. The number of benzene rings is 1. The van der Waals surface area contributed by atoms with E-state index >= 15 is 0 Å². The molecule has 0 fully saturated rings. The van der Waals surface area contributed by atoms with Gasteiger partial charge in [0.2, 0.25) is 0 Å². The molecular formula is C9H11N3O. The summed E-state index contributed by atoms with van der Waals surface area (Å²) in [7, 11) is 0. The van der Waals surface area contributed by atoms with Crippen molar-refractivity contribution >= 4 is 11.6 Å². The minimum Gasteiger partial charge on any atom is -0.351 e. The first-order valence-corrected chi connectivity index (χ1v) is 3.76. The number of nitrogens with two attached hydrogens (primary N) is 1. The Hall–Kier alpha value is -1.81. The maximum absolute atomic E-state index is 10.9. The highest BCUT2D eigenvalue weighted by Gasteiger charge is 2.03. The molecule has 0 aliphatic heterocycles. The molecule has 0 bridgehead atoms. The maximum atomic E-state index is 10.9. The highest BCUT2D eigenvalue weighted by molar-refractivity contribution is 5.95. The number of hydrogen-bond acceptors (Lipinski definition) is 3. The number of nitrogens with one attached hydrogen (secondary N) is 2. The number of carbonyl (C=O) groups excluding carboxylic acids is 1. The molecule has 4 N–H and O–H groups in total. The summed E-state index contributed by atoms with van der Waals surface area (Å²) in [6.45, 7) is 3.52. The van der Waals surface area contributed by atoms with E-state index in [4.69, 9.17) is 5.84 Å². The van der Waals surface area contributed by atoms with Crippen LogP contribution in [0, 0.1) is 0 Å². The van der Waals surface area contributed by atoms with Crippen molar-refractivity contribution in [2.45, 2.75) is 0 Å². The predicted octanol–water partition coefficient (Wildman–Crippen LogP) is 0.602. The topological polar surface area (TPSA) is 67.2 Å². The average molecular weight is 177 g/mol. The first-order chi connectivity index (χ1) is 6.24. The Bertz CT molecular complexity index is 308. The molecule has 0 aliphatic rings. The molecule has 0 spiro atoms. The van der Waals surface area contributed by atoms with E-state index in [9.17, 15) is 4.79 Å². The van der Waals surface area contributed by atoms with E-state index < -0.39 is 5.91 Å². The lowest BCUT2D eigenvalue weighted by molar-refractivity contribution is -0.117. The van der Waals surface area contributed by atoms with Crippen LogP contribution in [0.25, 0.3) is 0 Å². The zero-order chi connectivity index (χ0) is 9.68. The van der Waals surface area contributed by atoms with Crippen LogP contribution in [0.2, 0.25) is 0 Å². The van der Waals surface area contributed by atoms with Crippen molar-refractivity contribution in [2.75, 3.05) is 5.32 Å². The van der Waals surface area contributed by atoms with Gasteiger partial charge < -0.3 is 5.32 Å². The van der Waals surface area contributed by atoms with Gasteiger partial charge in [-0.3, -0.25) is 10.2 Å². The van der Waals surface area contributed by atoms with Crippen molar-refractivity contribution in [3.8, 4) is 0 Å². The first-order valence-electron chi connectivity index (χ1n) is 3.76. The molecule has 1 aromatic carbocycles. The summed E-state index contributed by atoms with van der Waals surface area (Å²) >= 11 is 0. The van der Waals surface area contributed by atoms with Gasteiger partial charge in [-0.25, -0.2) is 5.84 Å². The Morgan fingerprint density at radius 2 is 1.92 bits per heavy atom. The molecule has 0 unspecified atom stereocenters. The minimum absolute atomic E-state index is 0.216. The van der Waals surface area contributed by atoms with Crippen LogP contribution in [-0.4, -0.2) is 5.91 Å². The number of amides is 1. The van der Waals surface area contributed by atoms with Crippen molar-refractivity contribution in [3.05, 3.63) is 42.6 Å². The van der Waals surface area contributed by atoms with Crippen molar-refractivity contribution < 1.29 is 4.79 Å². The molecule has 0 heterocycles. The summed E-state index contributed by atoms with van der Waals surface area (Å²) in [6, 6.07) is 9.26. The predicted molar refractivity (Wildman–Crippen MR) is 51.5 cm³/mol. The van der Waals surface area contributed by atoms with Gasteiger partial charge in [-0.05, 0) is 12.1 Å². The third-order valence-electron chi connectivity index (χ3n) is 1.47. The monoisotopic (exact) mass is 177 g/mol. The zero-order valence-corrected chi connectivity index (χ0v) is 7.08. The van der Waals surface area contributed by atoms with E-state index in [1.165, 1.54) is 0 Å². The number of para-hydroxylation sites is 1. The number of carbonyl (C=O) groups is 1. The van der Waals surface area contributed by atoms with Gasteiger partial charge in [0.25, 0.3) is 5.91 Å². The number of hydrogen-bond donors (Lipinski definition) is 3.